The molecule has 0 spiro atoms. The van der Waals surface area contributed by atoms with Crippen molar-refractivity contribution in [3.63, 3.8) is 0 Å². The van der Waals surface area contributed by atoms with E-state index in [1.807, 2.05) is 0 Å². The van der Waals surface area contributed by atoms with E-state index in [9.17, 15) is 13.2 Å². The molecule has 2 aromatic carbocycles. The standard InChI is InChI=1S/C15H12O6S/c16-10-11-1-3-12(4-2-11)21-22(17,18)13-5-6-14-15(9-13)20-8-7-19-14/h1-6,9-10H,7-8H2. The topological polar surface area (TPSA) is 78.9 Å². The Balaban J connectivity index is 1.87. The number of benzene rings is 2. The molecule has 1 heterocycles. The summed E-state index contributed by atoms with van der Waals surface area (Å²) in [7, 11) is -3.99. The third-order valence-electron chi connectivity index (χ3n) is 3.02. The van der Waals surface area contributed by atoms with Gasteiger partial charge in [-0.15, -0.1) is 0 Å². The Morgan fingerprint density at radius 3 is 2.32 bits per heavy atom. The molecular weight excluding hydrogens is 308 g/mol. The van der Waals surface area contributed by atoms with E-state index in [1.54, 1.807) is 0 Å². The second-order valence-corrected chi connectivity index (χ2v) is 6.08. The lowest BCUT2D eigenvalue weighted by atomic mass is 10.2. The molecule has 0 aliphatic carbocycles. The van der Waals surface area contributed by atoms with E-state index in [4.69, 9.17) is 13.7 Å². The van der Waals surface area contributed by atoms with Crippen LogP contribution in [0.15, 0.2) is 47.4 Å². The summed E-state index contributed by atoms with van der Waals surface area (Å²) in [5.74, 6) is 0.994. The summed E-state index contributed by atoms with van der Waals surface area (Å²) in [4.78, 5) is 10.5. The first kappa shape index (κ1) is 14.4. The van der Waals surface area contributed by atoms with Crippen molar-refractivity contribution in [3.05, 3.63) is 48.0 Å². The number of rotatable bonds is 4. The van der Waals surface area contributed by atoms with Crippen molar-refractivity contribution in [1.82, 2.24) is 0 Å². The van der Waals surface area contributed by atoms with E-state index >= 15 is 0 Å². The molecule has 22 heavy (non-hydrogen) atoms. The fourth-order valence-electron chi connectivity index (χ4n) is 1.96. The Morgan fingerprint density at radius 1 is 0.955 bits per heavy atom. The molecule has 0 radical (unpaired) electrons. The predicted molar refractivity (Wildman–Crippen MR) is 77.1 cm³/mol. The average molecular weight is 320 g/mol. The van der Waals surface area contributed by atoms with Gasteiger partial charge in [0, 0.05) is 11.6 Å². The highest BCUT2D eigenvalue weighted by Gasteiger charge is 2.21. The summed E-state index contributed by atoms with van der Waals surface area (Å²) in [6, 6.07) is 10.1. The van der Waals surface area contributed by atoms with Crippen LogP contribution in [-0.4, -0.2) is 27.9 Å². The summed E-state index contributed by atoms with van der Waals surface area (Å²) in [6.07, 6.45) is 0.666. The largest absolute Gasteiger partial charge is 0.486 e. The minimum atomic E-state index is -3.99. The van der Waals surface area contributed by atoms with Gasteiger partial charge in [0.2, 0.25) is 0 Å². The zero-order valence-corrected chi connectivity index (χ0v) is 12.2. The molecule has 0 N–H and O–H groups in total. The van der Waals surface area contributed by atoms with Crippen LogP contribution in [0, 0.1) is 0 Å². The fourth-order valence-corrected chi connectivity index (χ4v) is 2.90. The molecule has 3 rings (SSSR count). The second kappa shape index (κ2) is 5.69. The fraction of sp³-hybridized carbons (Fsp3) is 0.133. The number of fused-ring (bicyclic) bond motifs is 1. The second-order valence-electron chi connectivity index (χ2n) is 4.53. The van der Waals surface area contributed by atoms with Crippen LogP contribution >= 0.6 is 0 Å². The first-order valence-corrected chi connectivity index (χ1v) is 7.89. The normalized spacial score (nSPS) is 13.5. The highest BCUT2D eigenvalue weighted by Crippen LogP contribution is 2.33. The van der Waals surface area contributed by atoms with Crippen LogP contribution in [0.2, 0.25) is 0 Å². The van der Waals surface area contributed by atoms with Gasteiger partial charge in [-0.1, -0.05) is 0 Å². The number of ether oxygens (including phenoxy) is 2. The SMILES string of the molecule is O=Cc1ccc(OS(=O)(=O)c2ccc3c(c2)OCCO3)cc1. The Labute approximate surface area is 127 Å². The molecule has 114 valence electrons. The van der Waals surface area contributed by atoms with Gasteiger partial charge in [0.1, 0.15) is 30.1 Å². The molecule has 0 aromatic heterocycles. The molecule has 0 amide bonds. The van der Waals surface area contributed by atoms with Gasteiger partial charge < -0.3 is 13.7 Å². The van der Waals surface area contributed by atoms with E-state index in [0.717, 1.165) is 0 Å². The smallest absolute Gasteiger partial charge is 0.339 e. The van der Waals surface area contributed by atoms with Crippen molar-refractivity contribution >= 4 is 16.4 Å². The van der Waals surface area contributed by atoms with E-state index in [-0.39, 0.29) is 10.6 Å². The molecule has 0 saturated heterocycles. The molecular formula is C15H12O6S. The zero-order valence-electron chi connectivity index (χ0n) is 11.4. The monoisotopic (exact) mass is 320 g/mol. The van der Waals surface area contributed by atoms with Crippen molar-refractivity contribution in [1.29, 1.82) is 0 Å². The lowest BCUT2D eigenvalue weighted by Crippen LogP contribution is -2.16. The maximum atomic E-state index is 12.3. The van der Waals surface area contributed by atoms with Gasteiger partial charge in [0.05, 0.1) is 0 Å². The Bertz CT molecular complexity index is 795. The van der Waals surface area contributed by atoms with Gasteiger partial charge in [0.15, 0.2) is 11.5 Å². The zero-order chi connectivity index (χ0) is 15.6. The first-order chi connectivity index (χ1) is 10.6. The van der Waals surface area contributed by atoms with Crippen molar-refractivity contribution in [2.75, 3.05) is 13.2 Å². The molecule has 1 aliphatic rings. The van der Waals surface area contributed by atoms with Crippen molar-refractivity contribution in [3.8, 4) is 17.2 Å². The van der Waals surface area contributed by atoms with E-state index in [2.05, 4.69) is 0 Å². The van der Waals surface area contributed by atoms with Crippen LogP contribution < -0.4 is 13.7 Å². The third-order valence-corrected chi connectivity index (χ3v) is 4.27. The van der Waals surface area contributed by atoms with Crippen LogP contribution in [0.4, 0.5) is 0 Å². The van der Waals surface area contributed by atoms with E-state index in [0.29, 0.717) is 36.6 Å². The van der Waals surface area contributed by atoms with Crippen LogP contribution in [-0.2, 0) is 10.1 Å². The first-order valence-electron chi connectivity index (χ1n) is 6.48. The summed E-state index contributed by atoms with van der Waals surface area (Å²) >= 11 is 0. The molecule has 6 nitrogen and oxygen atoms in total. The molecule has 0 fully saturated rings. The molecule has 0 saturated carbocycles. The van der Waals surface area contributed by atoms with Gasteiger partial charge in [-0.3, -0.25) is 4.79 Å². The molecule has 0 bridgehead atoms. The Hall–Kier alpha value is -2.54. The van der Waals surface area contributed by atoms with E-state index < -0.39 is 10.1 Å². The molecule has 7 heteroatoms. The Kier molecular flexibility index (Phi) is 3.72. The molecule has 1 aliphatic heterocycles. The summed E-state index contributed by atoms with van der Waals surface area (Å²) in [6.45, 7) is 0.795. The lowest BCUT2D eigenvalue weighted by Gasteiger charge is -2.18. The van der Waals surface area contributed by atoms with Crippen LogP contribution in [0.1, 0.15) is 10.4 Å². The maximum Gasteiger partial charge on any atom is 0.339 e. The third kappa shape index (κ3) is 2.89. The highest BCUT2D eigenvalue weighted by molar-refractivity contribution is 7.87. The quantitative estimate of drug-likeness (QED) is 0.633. The number of carbonyl (C=O) groups is 1. The molecule has 0 unspecified atom stereocenters. The number of hydrogen-bond acceptors (Lipinski definition) is 6. The van der Waals surface area contributed by atoms with Crippen molar-refractivity contribution < 1.29 is 26.9 Å². The molecule has 2 aromatic rings. The van der Waals surface area contributed by atoms with Crippen molar-refractivity contribution in [2.24, 2.45) is 0 Å². The van der Waals surface area contributed by atoms with Crippen LogP contribution in [0.25, 0.3) is 0 Å². The summed E-state index contributed by atoms with van der Waals surface area (Å²) < 4.78 is 40.2. The van der Waals surface area contributed by atoms with Crippen LogP contribution in [0.3, 0.4) is 0 Å². The van der Waals surface area contributed by atoms with Gasteiger partial charge in [-0.2, -0.15) is 8.42 Å². The summed E-state index contributed by atoms with van der Waals surface area (Å²) in [5, 5.41) is 0. The number of aldehydes is 1. The highest BCUT2D eigenvalue weighted by atomic mass is 32.2. The van der Waals surface area contributed by atoms with Gasteiger partial charge >= 0.3 is 10.1 Å². The number of hydrogen-bond donors (Lipinski definition) is 0. The van der Waals surface area contributed by atoms with Crippen molar-refractivity contribution in [2.45, 2.75) is 4.90 Å². The van der Waals surface area contributed by atoms with E-state index in [1.165, 1.54) is 42.5 Å². The average Bonchev–Trinajstić information content (AvgIpc) is 2.55. The lowest BCUT2D eigenvalue weighted by molar-refractivity contribution is 0.112. The maximum absolute atomic E-state index is 12.3. The van der Waals surface area contributed by atoms with Crippen LogP contribution in [0.5, 0.6) is 17.2 Å². The minimum Gasteiger partial charge on any atom is -0.486 e. The number of carbonyl (C=O) groups excluding carboxylic acids is 1. The summed E-state index contributed by atoms with van der Waals surface area (Å²) in [5.41, 5.74) is 0.434. The molecule has 0 atom stereocenters. The Morgan fingerprint density at radius 2 is 1.64 bits per heavy atom. The van der Waals surface area contributed by atoms with Gasteiger partial charge in [-0.25, -0.2) is 0 Å². The minimum absolute atomic E-state index is 0.0313. The predicted octanol–water partition coefficient (Wildman–Crippen LogP) is 2.04. The van der Waals surface area contributed by atoms with Gasteiger partial charge in [0.25, 0.3) is 0 Å². The van der Waals surface area contributed by atoms with Gasteiger partial charge in [-0.05, 0) is 36.4 Å².